The molecular weight excluding hydrogens is 259 g/mol. The maximum atomic E-state index is 12.6. The van der Waals surface area contributed by atoms with Crippen LogP contribution >= 0.6 is 9.24 Å². The van der Waals surface area contributed by atoms with Gasteiger partial charge in [-0.1, -0.05) is 13.3 Å². The zero-order chi connectivity index (χ0) is 14.6. The van der Waals surface area contributed by atoms with Crippen LogP contribution in [0, 0.1) is 13.8 Å². The van der Waals surface area contributed by atoms with Gasteiger partial charge in [0.25, 0.3) is 0 Å². The van der Waals surface area contributed by atoms with Crippen molar-refractivity contribution in [1.29, 1.82) is 0 Å². The number of aryl methyl sites for hydroxylation is 2. The van der Waals surface area contributed by atoms with E-state index >= 15 is 0 Å². The zero-order valence-corrected chi connectivity index (χ0v) is 13.5. The maximum Gasteiger partial charge on any atom is 0.177 e. The molecule has 4 heteroatoms. The summed E-state index contributed by atoms with van der Waals surface area (Å²) in [6.45, 7) is 5.96. The number of methoxy groups -OCH3 is 2. The van der Waals surface area contributed by atoms with Crippen LogP contribution < -0.4 is 9.47 Å². The molecule has 0 aromatic heterocycles. The predicted octanol–water partition coefficient (Wildman–Crippen LogP) is 3.55. The molecule has 2 unspecified atom stereocenters. The molecule has 0 N–H and O–H groups in total. The first-order chi connectivity index (χ1) is 8.97. The highest BCUT2D eigenvalue weighted by molar-refractivity contribution is 7.19. The van der Waals surface area contributed by atoms with Crippen molar-refractivity contribution >= 4 is 15.0 Å². The minimum atomic E-state index is -0.103. The average molecular weight is 282 g/mol. The first kappa shape index (κ1) is 16.0. The molecule has 0 spiro atoms. The van der Waals surface area contributed by atoms with Gasteiger partial charge in [-0.2, -0.15) is 0 Å². The van der Waals surface area contributed by atoms with Gasteiger partial charge in [-0.25, -0.2) is 0 Å². The highest BCUT2D eigenvalue weighted by Gasteiger charge is 2.25. The van der Waals surface area contributed by atoms with Gasteiger partial charge in [0, 0.05) is 5.66 Å². The van der Waals surface area contributed by atoms with E-state index in [9.17, 15) is 4.79 Å². The Balaban J connectivity index is 3.41. The minimum Gasteiger partial charge on any atom is -0.496 e. The van der Waals surface area contributed by atoms with Crippen molar-refractivity contribution in [2.24, 2.45) is 0 Å². The zero-order valence-electron chi connectivity index (χ0n) is 12.4. The number of Topliss-reactive ketones (excluding diaryl/α,β-unsaturated/α-hetero) is 1. The fourth-order valence-electron chi connectivity index (χ4n) is 2.33. The van der Waals surface area contributed by atoms with Gasteiger partial charge in [0.2, 0.25) is 0 Å². The lowest BCUT2D eigenvalue weighted by Gasteiger charge is -2.19. The molecule has 0 amide bonds. The van der Waals surface area contributed by atoms with Gasteiger partial charge in [0.05, 0.1) is 14.2 Å². The molecule has 0 aliphatic heterocycles. The van der Waals surface area contributed by atoms with Crippen LogP contribution in [0.2, 0.25) is 0 Å². The number of hydrogen-bond acceptors (Lipinski definition) is 3. The van der Waals surface area contributed by atoms with Gasteiger partial charge in [-0.05, 0) is 37.5 Å². The molecule has 0 radical (unpaired) electrons. The Kier molecular flexibility index (Phi) is 5.81. The number of benzene rings is 1. The summed E-state index contributed by atoms with van der Waals surface area (Å²) in [6, 6.07) is 1.98. The summed E-state index contributed by atoms with van der Waals surface area (Å²) in [4.78, 5) is 12.6. The third kappa shape index (κ3) is 3.27. The number of ketones is 1. The number of rotatable bonds is 6. The van der Waals surface area contributed by atoms with Crippen molar-refractivity contribution in [2.75, 3.05) is 14.2 Å². The molecule has 106 valence electrons. The van der Waals surface area contributed by atoms with Crippen LogP contribution in [0.3, 0.4) is 0 Å². The molecule has 0 aliphatic carbocycles. The van der Waals surface area contributed by atoms with E-state index in [1.807, 2.05) is 19.9 Å². The first-order valence-electron chi connectivity index (χ1n) is 6.49. The van der Waals surface area contributed by atoms with Crippen molar-refractivity contribution < 1.29 is 14.3 Å². The number of carbonyl (C=O) groups is 1. The summed E-state index contributed by atoms with van der Waals surface area (Å²) < 4.78 is 10.8. The second-order valence-electron chi connectivity index (χ2n) is 4.71. The van der Waals surface area contributed by atoms with E-state index in [1.54, 1.807) is 14.2 Å². The van der Waals surface area contributed by atoms with Crippen molar-refractivity contribution in [3.05, 3.63) is 22.8 Å². The van der Waals surface area contributed by atoms with E-state index in [1.165, 1.54) is 0 Å². The maximum absolute atomic E-state index is 12.6. The van der Waals surface area contributed by atoms with E-state index < -0.39 is 0 Å². The topological polar surface area (TPSA) is 35.5 Å². The van der Waals surface area contributed by atoms with Crippen molar-refractivity contribution in [3.8, 4) is 11.5 Å². The molecule has 0 bridgehead atoms. The van der Waals surface area contributed by atoms with E-state index in [-0.39, 0.29) is 11.4 Å². The summed E-state index contributed by atoms with van der Waals surface area (Å²) >= 11 is 0. The lowest BCUT2D eigenvalue weighted by Crippen LogP contribution is -2.17. The van der Waals surface area contributed by atoms with Crippen LogP contribution in [0.4, 0.5) is 0 Å². The molecule has 19 heavy (non-hydrogen) atoms. The first-order valence-corrected chi connectivity index (χ1v) is 7.16. The Bertz CT molecular complexity index is 441. The fourth-order valence-corrected chi connectivity index (χ4v) is 2.83. The smallest absolute Gasteiger partial charge is 0.177 e. The van der Waals surface area contributed by atoms with Crippen LogP contribution in [0.5, 0.6) is 11.5 Å². The fraction of sp³-hybridized carbons (Fsp3) is 0.533. The highest BCUT2D eigenvalue weighted by atomic mass is 31.0. The molecule has 2 atom stereocenters. The average Bonchev–Trinajstić information content (AvgIpc) is 2.37. The van der Waals surface area contributed by atoms with Crippen LogP contribution in [0.1, 0.15) is 41.3 Å². The Morgan fingerprint density at radius 2 is 1.68 bits per heavy atom. The quantitative estimate of drug-likeness (QED) is 0.591. The second-order valence-corrected chi connectivity index (χ2v) is 5.52. The van der Waals surface area contributed by atoms with Crippen molar-refractivity contribution in [1.82, 2.24) is 0 Å². The monoisotopic (exact) mass is 282 g/mol. The largest absolute Gasteiger partial charge is 0.496 e. The molecule has 0 heterocycles. The third-order valence-corrected chi connectivity index (χ3v) is 3.83. The number of hydrogen-bond donors (Lipinski definition) is 0. The van der Waals surface area contributed by atoms with Gasteiger partial charge >= 0.3 is 0 Å². The Morgan fingerprint density at radius 1 is 1.21 bits per heavy atom. The molecule has 0 aliphatic rings. The molecular formula is C15H23O3P. The standard InChI is InChI=1S/C15H23O3P/c1-6-7-11(19)13(16)12-14(17-4)9(2)8-10(3)15(12)18-5/h8,11H,6-7,19H2,1-5H3. The SMILES string of the molecule is CCCC(P)C(=O)c1c(OC)c(C)cc(C)c1OC. The Morgan fingerprint density at radius 3 is 2.05 bits per heavy atom. The lowest BCUT2D eigenvalue weighted by atomic mass is 9.97. The Hall–Kier alpha value is -1.08. The number of carbonyl (C=O) groups excluding carboxylic acids is 1. The Labute approximate surface area is 117 Å². The molecule has 1 rings (SSSR count). The van der Waals surface area contributed by atoms with Crippen LogP contribution in [0.15, 0.2) is 6.07 Å². The summed E-state index contributed by atoms with van der Waals surface area (Å²) in [5, 5.41) is 0. The van der Waals surface area contributed by atoms with Crippen LogP contribution in [0.25, 0.3) is 0 Å². The molecule has 3 nitrogen and oxygen atoms in total. The van der Waals surface area contributed by atoms with Crippen molar-refractivity contribution in [2.45, 2.75) is 39.3 Å². The molecule has 0 fully saturated rings. The van der Waals surface area contributed by atoms with E-state index in [0.717, 1.165) is 24.0 Å². The van der Waals surface area contributed by atoms with Gasteiger partial charge in [0.1, 0.15) is 17.1 Å². The minimum absolute atomic E-state index is 0.0624. The number of ether oxygens (including phenoxy) is 2. The van der Waals surface area contributed by atoms with Crippen molar-refractivity contribution in [3.63, 3.8) is 0 Å². The summed E-state index contributed by atoms with van der Waals surface area (Å²) in [6.07, 6.45) is 1.80. The summed E-state index contributed by atoms with van der Waals surface area (Å²) in [5.74, 6) is 1.30. The van der Waals surface area contributed by atoms with E-state index in [4.69, 9.17) is 9.47 Å². The molecule has 0 saturated carbocycles. The van der Waals surface area contributed by atoms with Crippen LogP contribution in [-0.2, 0) is 0 Å². The van der Waals surface area contributed by atoms with E-state index in [2.05, 4.69) is 16.2 Å². The summed E-state index contributed by atoms with van der Waals surface area (Å²) in [5.41, 5.74) is 2.38. The highest BCUT2D eigenvalue weighted by Crippen LogP contribution is 2.37. The molecule has 1 aromatic rings. The van der Waals surface area contributed by atoms with Gasteiger partial charge in [0.15, 0.2) is 5.78 Å². The normalized spacial score (nSPS) is 12.1. The van der Waals surface area contributed by atoms with Crippen LogP contribution in [-0.4, -0.2) is 25.7 Å². The lowest BCUT2D eigenvalue weighted by molar-refractivity contribution is 0.0979. The van der Waals surface area contributed by atoms with Gasteiger partial charge < -0.3 is 9.47 Å². The van der Waals surface area contributed by atoms with E-state index in [0.29, 0.717) is 17.1 Å². The third-order valence-electron chi connectivity index (χ3n) is 3.19. The molecule has 0 saturated heterocycles. The second kappa shape index (κ2) is 6.91. The summed E-state index contributed by atoms with van der Waals surface area (Å²) in [7, 11) is 5.80. The van der Waals surface area contributed by atoms with Gasteiger partial charge in [-0.15, -0.1) is 9.24 Å². The predicted molar refractivity (Wildman–Crippen MR) is 81.8 cm³/mol. The molecule has 1 aromatic carbocycles. The van der Waals surface area contributed by atoms with Gasteiger partial charge in [-0.3, -0.25) is 4.79 Å².